The largest absolute Gasteiger partial charge is 0.358 e. The number of hydrogen-bond donors (Lipinski definition) is 3. The van der Waals surface area contributed by atoms with Gasteiger partial charge in [0.25, 0.3) is 0 Å². The van der Waals surface area contributed by atoms with Gasteiger partial charge in [-0.2, -0.15) is 0 Å². The smallest absolute Gasteiger partial charge is 0.323 e. The molecule has 0 atom stereocenters. The number of nitrogens with one attached hydrogen (secondary N) is 3. The van der Waals surface area contributed by atoms with Gasteiger partial charge in [-0.25, -0.2) is 18.6 Å². The van der Waals surface area contributed by atoms with E-state index in [2.05, 4.69) is 25.6 Å². The van der Waals surface area contributed by atoms with Crippen LogP contribution in [0.15, 0.2) is 36.8 Å². The summed E-state index contributed by atoms with van der Waals surface area (Å²) in [5, 5.41) is 5.72. The summed E-state index contributed by atoms with van der Waals surface area (Å²) in [7, 11) is 0. The molecule has 0 bridgehead atoms. The van der Waals surface area contributed by atoms with Gasteiger partial charge in [0.1, 0.15) is 10.7 Å². The molecule has 28 heavy (non-hydrogen) atoms. The Labute approximate surface area is 164 Å². The van der Waals surface area contributed by atoms with E-state index in [1.54, 1.807) is 24.5 Å². The highest BCUT2D eigenvalue weighted by Gasteiger charge is 2.36. The number of carbonyl (C=O) groups is 1. The summed E-state index contributed by atoms with van der Waals surface area (Å²) in [6.45, 7) is 0. The van der Waals surface area contributed by atoms with Crippen LogP contribution >= 0.6 is 11.6 Å². The maximum Gasteiger partial charge on any atom is 0.323 e. The number of hydrogen-bond acceptors (Lipinski definition) is 3. The van der Waals surface area contributed by atoms with E-state index in [9.17, 15) is 13.6 Å². The van der Waals surface area contributed by atoms with E-state index in [0.29, 0.717) is 35.3 Å². The molecule has 1 saturated carbocycles. The SMILES string of the molecule is O=C(Nc1cnc(Cl)c(C2CCC(F)(F)CC2)c1)Nc1c[nH]c2cccnc12. The van der Waals surface area contributed by atoms with Crippen molar-refractivity contribution in [1.82, 2.24) is 15.0 Å². The quantitative estimate of drug-likeness (QED) is 0.500. The fourth-order valence-electron chi connectivity index (χ4n) is 3.51. The number of amides is 2. The molecule has 0 spiro atoms. The number of halogens is 3. The number of fused-ring (bicyclic) bond motifs is 1. The van der Waals surface area contributed by atoms with Crippen molar-refractivity contribution < 1.29 is 13.6 Å². The number of urea groups is 1. The molecule has 2 amide bonds. The first-order valence-electron chi connectivity index (χ1n) is 8.95. The van der Waals surface area contributed by atoms with Crippen molar-refractivity contribution in [2.75, 3.05) is 10.6 Å². The van der Waals surface area contributed by atoms with Gasteiger partial charge in [0.2, 0.25) is 5.92 Å². The molecule has 3 N–H and O–H groups in total. The second-order valence-electron chi connectivity index (χ2n) is 6.92. The fourth-order valence-corrected chi connectivity index (χ4v) is 3.76. The molecule has 0 radical (unpaired) electrons. The Bertz CT molecular complexity index is 1010. The molecule has 6 nitrogen and oxygen atoms in total. The Morgan fingerprint density at radius 1 is 1.25 bits per heavy atom. The molecule has 3 aromatic heterocycles. The summed E-state index contributed by atoms with van der Waals surface area (Å²) in [5.74, 6) is -2.71. The molecule has 1 aliphatic carbocycles. The van der Waals surface area contributed by atoms with Gasteiger partial charge in [-0.1, -0.05) is 11.6 Å². The second kappa shape index (κ2) is 7.35. The van der Waals surface area contributed by atoms with Crippen molar-refractivity contribution in [3.63, 3.8) is 0 Å². The molecule has 9 heteroatoms. The highest BCUT2D eigenvalue weighted by atomic mass is 35.5. The van der Waals surface area contributed by atoms with Gasteiger partial charge in [-0.3, -0.25) is 4.98 Å². The zero-order valence-electron chi connectivity index (χ0n) is 14.8. The minimum Gasteiger partial charge on any atom is -0.358 e. The van der Waals surface area contributed by atoms with Gasteiger partial charge in [0.05, 0.1) is 23.1 Å². The number of rotatable bonds is 3. The summed E-state index contributed by atoms with van der Waals surface area (Å²) in [6, 6.07) is 4.90. The van der Waals surface area contributed by atoms with E-state index >= 15 is 0 Å². The first-order chi connectivity index (χ1) is 13.4. The van der Waals surface area contributed by atoms with Crippen LogP contribution in [0.1, 0.15) is 37.2 Å². The van der Waals surface area contributed by atoms with Crippen LogP contribution in [0.5, 0.6) is 0 Å². The zero-order valence-corrected chi connectivity index (χ0v) is 15.6. The normalized spacial score (nSPS) is 16.8. The summed E-state index contributed by atoms with van der Waals surface area (Å²) >= 11 is 6.18. The third kappa shape index (κ3) is 3.91. The topological polar surface area (TPSA) is 82.7 Å². The number of carbonyl (C=O) groups excluding carboxylic acids is 1. The van der Waals surface area contributed by atoms with Crippen molar-refractivity contribution in [3.8, 4) is 0 Å². The van der Waals surface area contributed by atoms with E-state index in [1.165, 1.54) is 6.20 Å². The molecule has 4 rings (SSSR count). The zero-order chi connectivity index (χ0) is 19.7. The van der Waals surface area contributed by atoms with Crippen LogP contribution in [0.4, 0.5) is 25.0 Å². The Morgan fingerprint density at radius 2 is 2.04 bits per heavy atom. The van der Waals surface area contributed by atoms with Crippen LogP contribution < -0.4 is 10.6 Å². The first kappa shape index (κ1) is 18.6. The number of H-pyrrole nitrogens is 1. The predicted octanol–water partition coefficient (Wildman–Crippen LogP) is 5.55. The standard InChI is InChI=1S/C19H18ClF2N5O/c20-17-13(11-3-5-19(21,22)6-4-11)8-12(9-25-17)26-18(28)27-15-10-24-14-2-1-7-23-16(14)15/h1-2,7-11,24H,3-6H2,(H2,26,27,28). The lowest BCUT2D eigenvalue weighted by Crippen LogP contribution is -2.24. The number of nitrogens with zero attached hydrogens (tertiary/aromatic N) is 2. The van der Waals surface area contributed by atoms with Crippen molar-refractivity contribution in [1.29, 1.82) is 0 Å². The molecule has 3 heterocycles. The van der Waals surface area contributed by atoms with E-state index < -0.39 is 12.0 Å². The van der Waals surface area contributed by atoms with Gasteiger partial charge in [-0.15, -0.1) is 0 Å². The molecule has 0 aromatic carbocycles. The van der Waals surface area contributed by atoms with Crippen LogP contribution in [-0.4, -0.2) is 26.9 Å². The number of aromatic nitrogens is 3. The molecule has 3 aromatic rings. The molecule has 0 unspecified atom stereocenters. The summed E-state index contributed by atoms with van der Waals surface area (Å²) < 4.78 is 26.8. The Balaban J connectivity index is 1.47. The average molecular weight is 406 g/mol. The lowest BCUT2D eigenvalue weighted by atomic mass is 9.83. The summed E-state index contributed by atoms with van der Waals surface area (Å²) in [6.07, 6.45) is 5.08. The number of pyridine rings is 2. The van der Waals surface area contributed by atoms with Crippen LogP contribution in [0, 0.1) is 0 Å². The Kier molecular flexibility index (Phi) is 4.89. The fraction of sp³-hybridized carbons (Fsp3) is 0.316. The van der Waals surface area contributed by atoms with Crippen molar-refractivity contribution in [3.05, 3.63) is 47.5 Å². The van der Waals surface area contributed by atoms with Gasteiger partial charge < -0.3 is 15.6 Å². The van der Waals surface area contributed by atoms with E-state index in [4.69, 9.17) is 11.6 Å². The highest BCUT2D eigenvalue weighted by molar-refractivity contribution is 6.30. The number of alkyl halides is 2. The molecule has 0 saturated heterocycles. The van der Waals surface area contributed by atoms with E-state index in [0.717, 1.165) is 5.52 Å². The third-order valence-corrected chi connectivity index (χ3v) is 5.28. The highest BCUT2D eigenvalue weighted by Crippen LogP contribution is 2.42. The summed E-state index contributed by atoms with van der Waals surface area (Å²) in [4.78, 5) is 23.7. The molecular weight excluding hydrogens is 388 g/mol. The van der Waals surface area contributed by atoms with Gasteiger partial charge >= 0.3 is 6.03 Å². The second-order valence-corrected chi connectivity index (χ2v) is 7.27. The lowest BCUT2D eigenvalue weighted by molar-refractivity contribution is -0.0382. The minimum absolute atomic E-state index is 0.0951. The molecule has 146 valence electrons. The van der Waals surface area contributed by atoms with Crippen LogP contribution in [0.3, 0.4) is 0 Å². The predicted molar refractivity (Wildman–Crippen MR) is 104 cm³/mol. The molecule has 1 fully saturated rings. The Morgan fingerprint density at radius 3 is 2.82 bits per heavy atom. The lowest BCUT2D eigenvalue weighted by Gasteiger charge is -2.28. The van der Waals surface area contributed by atoms with Gasteiger partial charge in [0.15, 0.2) is 0 Å². The van der Waals surface area contributed by atoms with Crippen molar-refractivity contribution >= 4 is 40.0 Å². The van der Waals surface area contributed by atoms with Crippen molar-refractivity contribution in [2.24, 2.45) is 0 Å². The number of aromatic amines is 1. The maximum absolute atomic E-state index is 13.4. The van der Waals surface area contributed by atoms with E-state index in [-0.39, 0.29) is 23.9 Å². The van der Waals surface area contributed by atoms with Crippen molar-refractivity contribution in [2.45, 2.75) is 37.5 Å². The van der Waals surface area contributed by atoms with Gasteiger partial charge in [0, 0.05) is 25.2 Å². The Hall–Kier alpha value is -2.74. The minimum atomic E-state index is -2.61. The van der Waals surface area contributed by atoms with Gasteiger partial charge in [-0.05, 0) is 42.5 Å². The van der Waals surface area contributed by atoms with E-state index in [1.807, 2.05) is 6.07 Å². The number of anilines is 2. The average Bonchev–Trinajstić information content (AvgIpc) is 3.06. The maximum atomic E-state index is 13.4. The van der Waals surface area contributed by atoms with Crippen LogP contribution in [0.25, 0.3) is 11.0 Å². The summed E-state index contributed by atoms with van der Waals surface area (Å²) in [5.41, 5.74) is 3.13. The first-order valence-corrected chi connectivity index (χ1v) is 9.32. The monoisotopic (exact) mass is 405 g/mol. The molecular formula is C19H18ClF2N5O. The van der Waals surface area contributed by atoms with Crippen LogP contribution in [-0.2, 0) is 0 Å². The third-order valence-electron chi connectivity index (χ3n) is 4.96. The van der Waals surface area contributed by atoms with Crippen LogP contribution in [0.2, 0.25) is 5.15 Å². The molecule has 0 aliphatic heterocycles. The molecule has 1 aliphatic rings.